The van der Waals surface area contributed by atoms with E-state index in [9.17, 15) is 13.6 Å². The van der Waals surface area contributed by atoms with E-state index in [1.165, 1.54) is 6.07 Å². The van der Waals surface area contributed by atoms with Crippen LogP contribution in [0.2, 0.25) is 0 Å². The van der Waals surface area contributed by atoms with E-state index >= 15 is 0 Å². The molecule has 3 nitrogen and oxygen atoms in total. The van der Waals surface area contributed by atoms with Crippen molar-refractivity contribution in [2.45, 2.75) is 31.2 Å². The van der Waals surface area contributed by atoms with Crippen LogP contribution in [0.15, 0.2) is 23.1 Å². The minimum atomic E-state index is -0.927. The summed E-state index contributed by atoms with van der Waals surface area (Å²) in [6, 6.07) is 3.25. The Bertz CT molecular complexity index is 455. The maximum atomic E-state index is 13.0. The van der Waals surface area contributed by atoms with Crippen LogP contribution in [-0.4, -0.2) is 29.4 Å². The Morgan fingerprint density at radius 2 is 2.05 bits per heavy atom. The molecule has 20 heavy (non-hydrogen) atoms. The van der Waals surface area contributed by atoms with E-state index in [2.05, 4.69) is 5.32 Å². The molecule has 2 N–H and O–H groups in total. The number of hydrogen-bond donors (Lipinski definition) is 2. The van der Waals surface area contributed by atoms with Gasteiger partial charge in [-0.3, -0.25) is 4.79 Å². The Morgan fingerprint density at radius 1 is 1.35 bits per heavy atom. The van der Waals surface area contributed by atoms with Gasteiger partial charge in [0.15, 0.2) is 11.6 Å². The number of aliphatic hydroxyl groups is 1. The zero-order valence-corrected chi connectivity index (χ0v) is 12.3. The molecule has 0 aliphatic heterocycles. The van der Waals surface area contributed by atoms with Crippen molar-refractivity contribution in [1.82, 2.24) is 5.32 Å². The first kappa shape index (κ1) is 16.9. The maximum absolute atomic E-state index is 13.0. The van der Waals surface area contributed by atoms with Gasteiger partial charge >= 0.3 is 0 Å². The highest BCUT2D eigenvalue weighted by molar-refractivity contribution is 8.00. The Balaban J connectivity index is 2.44. The van der Waals surface area contributed by atoms with Crippen LogP contribution < -0.4 is 5.32 Å². The number of carbonyl (C=O) groups is 1. The van der Waals surface area contributed by atoms with Crippen LogP contribution in [0.1, 0.15) is 20.3 Å². The molecule has 0 heterocycles. The number of hydrogen-bond acceptors (Lipinski definition) is 3. The average molecular weight is 303 g/mol. The van der Waals surface area contributed by atoms with Gasteiger partial charge in [-0.1, -0.05) is 13.8 Å². The van der Waals surface area contributed by atoms with E-state index in [1.807, 2.05) is 13.8 Å². The summed E-state index contributed by atoms with van der Waals surface area (Å²) in [6.45, 7) is 3.90. The minimum Gasteiger partial charge on any atom is -0.394 e. The standard InChI is InChI=1S/C14H19F2NO2S/c1-9(2)5-10(7-18)17-14(19)8-20-11-3-4-12(15)13(16)6-11/h3-4,6,9-10,18H,5,7-8H2,1-2H3,(H,17,19). The third kappa shape index (κ3) is 5.88. The molecule has 0 aliphatic rings. The maximum Gasteiger partial charge on any atom is 0.230 e. The van der Waals surface area contributed by atoms with Gasteiger partial charge < -0.3 is 10.4 Å². The van der Waals surface area contributed by atoms with Crippen molar-refractivity contribution in [1.29, 1.82) is 0 Å². The van der Waals surface area contributed by atoms with Crippen molar-refractivity contribution in [3.63, 3.8) is 0 Å². The summed E-state index contributed by atoms with van der Waals surface area (Å²) >= 11 is 1.12. The van der Waals surface area contributed by atoms with Gasteiger partial charge in [0.25, 0.3) is 0 Å². The summed E-state index contributed by atoms with van der Waals surface area (Å²) in [5.74, 6) is -1.61. The number of aliphatic hydroxyl groups excluding tert-OH is 1. The molecule has 112 valence electrons. The number of halogens is 2. The first-order valence-corrected chi connectivity index (χ1v) is 7.39. The van der Waals surface area contributed by atoms with Gasteiger partial charge in [0.2, 0.25) is 5.91 Å². The third-order valence-corrected chi connectivity index (χ3v) is 3.60. The summed E-state index contributed by atoms with van der Waals surface area (Å²) < 4.78 is 25.7. The molecule has 1 aromatic rings. The topological polar surface area (TPSA) is 49.3 Å². The lowest BCUT2D eigenvalue weighted by atomic mass is 10.0. The lowest BCUT2D eigenvalue weighted by Gasteiger charge is -2.18. The highest BCUT2D eigenvalue weighted by Gasteiger charge is 2.13. The molecule has 0 aliphatic carbocycles. The summed E-state index contributed by atoms with van der Waals surface area (Å²) in [4.78, 5) is 12.2. The minimum absolute atomic E-state index is 0.0969. The van der Waals surface area contributed by atoms with E-state index in [4.69, 9.17) is 5.11 Å². The summed E-state index contributed by atoms with van der Waals surface area (Å²) in [5.41, 5.74) is 0. The number of amides is 1. The SMILES string of the molecule is CC(C)CC(CO)NC(=O)CSc1ccc(F)c(F)c1. The summed E-state index contributed by atoms with van der Waals surface area (Å²) in [6.07, 6.45) is 0.693. The summed E-state index contributed by atoms with van der Waals surface area (Å²) in [5, 5.41) is 11.9. The van der Waals surface area contributed by atoms with Crippen LogP contribution >= 0.6 is 11.8 Å². The Morgan fingerprint density at radius 3 is 2.60 bits per heavy atom. The van der Waals surface area contributed by atoms with Gasteiger partial charge in [0.1, 0.15) is 0 Å². The number of nitrogens with one attached hydrogen (secondary N) is 1. The Labute approximate surface area is 121 Å². The molecule has 6 heteroatoms. The predicted octanol–water partition coefficient (Wildman–Crippen LogP) is 2.58. The lowest BCUT2D eigenvalue weighted by Crippen LogP contribution is -2.39. The van der Waals surface area contributed by atoms with Crippen molar-refractivity contribution in [2.24, 2.45) is 5.92 Å². The van der Waals surface area contributed by atoms with Gasteiger partial charge in [-0.25, -0.2) is 8.78 Å². The molecule has 0 aromatic heterocycles. The molecule has 1 unspecified atom stereocenters. The monoisotopic (exact) mass is 303 g/mol. The summed E-state index contributed by atoms with van der Waals surface area (Å²) in [7, 11) is 0. The first-order valence-electron chi connectivity index (χ1n) is 6.40. The first-order chi connectivity index (χ1) is 9.42. The van der Waals surface area contributed by atoms with Crippen molar-refractivity contribution in [3.8, 4) is 0 Å². The van der Waals surface area contributed by atoms with E-state index in [0.29, 0.717) is 17.2 Å². The van der Waals surface area contributed by atoms with Crippen LogP contribution in [-0.2, 0) is 4.79 Å². The number of thioether (sulfide) groups is 1. The zero-order chi connectivity index (χ0) is 15.1. The molecule has 0 radical (unpaired) electrons. The second-order valence-corrected chi connectivity index (χ2v) is 5.99. The van der Waals surface area contributed by atoms with Crippen molar-refractivity contribution < 1.29 is 18.7 Å². The highest BCUT2D eigenvalue weighted by Crippen LogP contribution is 2.20. The molecule has 0 saturated heterocycles. The van der Waals surface area contributed by atoms with Crippen LogP contribution in [0.4, 0.5) is 8.78 Å². The van der Waals surface area contributed by atoms with Crippen molar-refractivity contribution in [3.05, 3.63) is 29.8 Å². The second-order valence-electron chi connectivity index (χ2n) is 4.94. The van der Waals surface area contributed by atoms with Gasteiger partial charge in [-0.05, 0) is 30.5 Å². The smallest absolute Gasteiger partial charge is 0.230 e. The quantitative estimate of drug-likeness (QED) is 0.761. The normalized spacial score (nSPS) is 12.5. The molecular formula is C14H19F2NO2S. The molecule has 0 spiro atoms. The van der Waals surface area contributed by atoms with Crippen molar-refractivity contribution >= 4 is 17.7 Å². The predicted molar refractivity (Wildman–Crippen MR) is 75.6 cm³/mol. The van der Waals surface area contributed by atoms with E-state index in [0.717, 1.165) is 23.9 Å². The molecule has 0 saturated carbocycles. The van der Waals surface area contributed by atoms with Gasteiger partial charge in [-0.2, -0.15) is 0 Å². The molecule has 1 aromatic carbocycles. The fourth-order valence-corrected chi connectivity index (χ4v) is 2.47. The van der Waals surface area contributed by atoms with Crippen molar-refractivity contribution in [2.75, 3.05) is 12.4 Å². The van der Waals surface area contributed by atoms with Crippen LogP contribution in [0.3, 0.4) is 0 Å². The van der Waals surface area contributed by atoms with Gasteiger partial charge in [0, 0.05) is 4.90 Å². The third-order valence-electron chi connectivity index (χ3n) is 2.60. The number of benzene rings is 1. The molecule has 1 atom stereocenters. The lowest BCUT2D eigenvalue weighted by molar-refractivity contribution is -0.119. The molecule has 1 amide bonds. The molecule has 1 rings (SSSR count). The zero-order valence-electron chi connectivity index (χ0n) is 11.5. The van der Waals surface area contributed by atoms with Gasteiger partial charge in [0.05, 0.1) is 18.4 Å². The molecular weight excluding hydrogens is 284 g/mol. The highest BCUT2D eigenvalue weighted by atomic mass is 32.2. The van der Waals surface area contributed by atoms with Crippen LogP contribution in [0, 0.1) is 17.6 Å². The van der Waals surface area contributed by atoms with Gasteiger partial charge in [-0.15, -0.1) is 11.8 Å². The Hall–Kier alpha value is -1.14. The number of carbonyl (C=O) groups excluding carboxylic acids is 1. The fourth-order valence-electron chi connectivity index (χ4n) is 1.73. The molecule has 0 bridgehead atoms. The number of rotatable bonds is 7. The van der Waals surface area contributed by atoms with Crippen LogP contribution in [0.25, 0.3) is 0 Å². The average Bonchev–Trinajstić information content (AvgIpc) is 2.39. The fraction of sp³-hybridized carbons (Fsp3) is 0.500. The van der Waals surface area contributed by atoms with E-state index < -0.39 is 11.6 Å². The van der Waals surface area contributed by atoms with E-state index in [1.54, 1.807) is 0 Å². The largest absolute Gasteiger partial charge is 0.394 e. The molecule has 0 fully saturated rings. The second kappa shape index (κ2) is 8.21. The Kier molecular flexibility index (Phi) is 6.95. The van der Waals surface area contributed by atoms with E-state index in [-0.39, 0.29) is 24.3 Å². The van der Waals surface area contributed by atoms with Crippen LogP contribution in [0.5, 0.6) is 0 Å².